The van der Waals surface area contributed by atoms with E-state index in [4.69, 9.17) is 9.47 Å². The molecule has 4 aromatic carbocycles. The first-order valence-electron chi connectivity index (χ1n) is 11.3. The smallest absolute Gasteiger partial charge is 0.317 e. The highest BCUT2D eigenvalue weighted by Gasteiger charge is 2.40. The van der Waals surface area contributed by atoms with Crippen molar-refractivity contribution in [3.05, 3.63) is 107 Å². The van der Waals surface area contributed by atoms with Gasteiger partial charge < -0.3 is 9.47 Å². The van der Waals surface area contributed by atoms with Crippen LogP contribution >= 0.6 is 0 Å². The molecule has 0 radical (unpaired) electrons. The summed E-state index contributed by atoms with van der Waals surface area (Å²) in [6.45, 7) is 0. The van der Waals surface area contributed by atoms with Gasteiger partial charge in [0.25, 0.3) is 0 Å². The lowest BCUT2D eigenvalue weighted by molar-refractivity contribution is -0.142. The fraction of sp³-hybridized carbons (Fsp3) is 0.133. The maximum atomic E-state index is 13.1. The topological polar surface area (TPSA) is 52.6 Å². The van der Waals surface area contributed by atoms with Crippen LogP contribution in [0.2, 0.25) is 0 Å². The van der Waals surface area contributed by atoms with Gasteiger partial charge in [0.05, 0.1) is 14.2 Å². The van der Waals surface area contributed by atoms with Crippen molar-refractivity contribution in [3.8, 4) is 33.4 Å². The first-order valence-corrected chi connectivity index (χ1v) is 11.3. The van der Waals surface area contributed by atoms with E-state index in [0.29, 0.717) is 0 Å². The molecular weight excluding hydrogens is 424 g/mol. The number of ether oxygens (including phenoxy) is 2. The molecule has 2 aliphatic rings. The number of hydrogen-bond donors (Lipinski definition) is 0. The quantitative estimate of drug-likeness (QED) is 0.366. The number of methoxy groups -OCH3 is 2. The van der Waals surface area contributed by atoms with Crippen LogP contribution in [-0.4, -0.2) is 26.2 Å². The summed E-state index contributed by atoms with van der Waals surface area (Å²) in [4.78, 5) is 26.1. The van der Waals surface area contributed by atoms with Gasteiger partial charge >= 0.3 is 11.9 Å². The Bertz CT molecular complexity index is 1370. The monoisotopic (exact) mass is 446 g/mol. The Labute approximate surface area is 197 Å². The molecule has 0 spiro atoms. The van der Waals surface area contributed by atoms with Crippen LogP contribution in [0.5, 0.6) is 0 Å². The van der Waals surface area contributed by atoms with Crippen LogP contribution in [0.3, 0.4) is 0 Å². The molecule has 2 aliphatic carbocycles. The van der Waals surface area contributed by atoms with Gasteiger partial charge in [0.15, 0.2) is 0 Å². The lowest BCUT2D eigenvalue weighted by atomic mass is 9.84. The number of benzene rings is 4. The van der Waals surface area contributed by atoms with Crippen LogP contribution in [0, 0.1) is 0 Å². The lowest BCUT2D eigenvalue weighted by Crippen LogP contribution is -2.16. The van der Waals surface area contributed by atoms with Gasteiger partial charge in [-0.2, -0.15) is 0 Å². The highest BCUT2D eigenvalue weighted by atomic mass is 16.5. The van der Waals surface area contributed by atoms with Crippen LogP contribution in [0.15, 0.2) is 84.9 Å². The second-order valence-electron chi connectivity index (χ2n) is 8.62. The molecule has 2 unspecified atom stereocenters. The number of fused-ring (bicyclic) bond motifs is 6. The maximum Gasteiger partial charge on any atom is 0.317 e. The van der Waals surface area contributed by atoms with Gasteiger partial charge in [-0.05, 0) is 55.6 Å². The van der Waals surface area contributed by atoms with Gasteiger partial charge in [0, 0.05) is 0 Å². The minimum absolute atomic E-state index is 0.293. The summed E-state index contributed by atoms with van der Waals surface area (Å²) in [5.74, 6) is -1.63. The maximum absolute atomic E-state index is 13.1. The Morgan fingerprint density at radius 1 is 0.500 bits per heavy atom. The van der Waals surface area contributed by atoms with E-state index in [0.717, 1.165) is 55.6 Å². The molecule has 4 heteroatoms. The second-order valence-corrected chi connectivity index (χ2v) is 8.62. The predicted molar refractivity (Wildman–Crippen MR) is 130 cm³/mol. The Balaban J connectivity index is 1.65. The molecule has 0 bridgehead atoms. The Hall–Kier alpha value is -4.18. The molecule has 0 aromatic heterocycles. The molecule has 166 valence electrons. The molecule has 0 aliphatic heterocycles. The van der Waals surface area contributed by atoms with Crippen molar-refractivity contribution in [3.63, 3.8) is 0 Å². The number of carbonyl (C=O) groups excluding carboxylic acids is 2. The van der Waals surface area contributed by atoms with Crippen molar-refractivity contribution in [1.82, 2.24) is 0 Å². The molecule has 6 rings (SSSR count). The Morgan fingerprint density at radius 2 is 0.824 bits per heavy atom. The number of rotatable bonds is 3. The zero-order chi connectivity index (χ0) is 23.4. The molecule has 0 fully saturated rings. The first kappa shape index (κ1) is 20.4. The molecule has 0 saturated carbocycles. The minimum atomic E-state index is -0.524. The fourth-order valence-corrected chi connectivity index (χ4v) is 5.72. The summed E-state index contributed by atoms with van der Waals surface area (Å²) < 4.78 is 10.5. The third-order valence-corrected chi connectivity index (χ3v) is 7.08. The van der Waals surface area contributed by atoms with Gasteiger partial charge in [0.1, 0.15) is 11.8 Å². The third kappa shape index (κ3) is 2.72. The van der Waals surface area contributed by atoms with Gasteiger partial charge in [-0.3, -0.25) is 9.59 Å². The SMILES string of the molecule is COC(=O)C1c2ccccc2-c2cccc(-c3cccc4c3C(C(=O)OC)c3ccccc3-4)c21. The van der Waals surface area contributed by atoms with Gasteiger partial charge in [-0.1, -0.05) is 84.9 Å². The van der Waals surface area contributed by atoms with E-state index in [9.17, 15) is 9.59 Å². The normalized spacial score (nSPS) is 16.8. The standard InChI is InChI=1S/C30H22O4/c1-33-29(31)27-21-11-5-3-9-17(21)19-13-7-15-23(25(19)27)24-16-8-14-20-18-10-4-6-12-22(18)28(26(20)24)30(32)34-2/h3-16,27-28H,1-2H3. The predicted octanol–water partition coefficient (Wildman–Crippen LogP) is 5.92. The summed E-state index contributed by atoms with van der Waals surface area (Å²) >= 11 is 0. The Morgan fingerprint density at radius 3 is 1.21 bits per heavy atom. The van der Waals surface area contributed by atoms with Crippen molar-refractivity contribution in [2.45, 2.75) is 11.8 Å². The highest BCUT2D eigenvalue weighted by Crippen LogP contribution is 2.53. The summed E-state index contributed by atoms with van der Waals surface area (Å²) in [5, 5.41) is 0. The molecular formula is C30H22O4. The molecule has 4 nitrogen and oxygen atoms in total. The van der Waals surface area contributed by atoms with Gasteiger partial charge in [0.2, 0.25) is 0 Å². The van der Waals surface area contributed by atoms with Crippen molar-refractivity contribution in [2.24, 2.45) is 0 Å². The summed E-state index contributed by atoms with van der Waals surface area (Å²) in [6, 6.07) is 28.1. The number of hydrogen-bond acceptors (Lipinski definition) is 4. The van der Waals surface area contributed by atoms with Crippen molar-refractivity contribution in [1.29, 1.82) is 0 Å². The third-order valence-electron chi connectivity index (χ3n) is 7.08. The van der Waals surface area contributed by atoms with Crippen LogP contribution < -0.4 is 0 Å². The molecule has 0 heterocycles. The summed E-state index contributed by atoms with van der Waals surface area (Å²) in [7, 11) is 2.85. The summed E-state index contributed by atoms with van der Waals surface area (Å²) in [6.07, 6.45) is 0. The van der Waals surface area contributed by atoms with Crippen molar-refractivity contribution in [2.75, 3.05) is 14.2 Å². The fourth-order valence-electron chi connectivity index (χ4n) is 5.72. The number of esters is 2. The van der Waals surface area contributed by atoms with E-state index >= 15 is 0 Å². The zero-order valence-corrected chi connectivity index (χ0v) is 18.9. The molecule has 0 N–H and O–H groups in total. The van der Waals surface area contributed by atoms with Crippen LogP contribution in [0.25, 0.3) is 33.4 Å². The van der Waals surface area contributed by atoms with Crippen molar-refractivity contribution >= 4 is 11.9 Å². The summed E-state index contributed by atoms with van der Waals surface area (Å²) in [5.41, 5.74) is 9.70. The molecule has 0 amide bonds. The van der Waals surface area contributed by atoms with E-state index in [1.54, 1.807) is 0 Å². The molecule has 4 aromatic rings. The van der Waals surface area contributed by atoms with Crippen LogP contribution in [0.1, 0.15) is 34.1 Å². The van der Waals surface area contributed by atoms with E-state index in [1.807, 2.05) is 72.8 Å². The van der Waals surface area contributed by atoms with Crippen LogP contribution in [-0.2, 0) is 19.1 Å². The average Bonchev–Trinajstić information content (AvgIpc) is 3.41. The lowest BCUT2D eigenvalue weighted by Gasteiger charge is -2.20. The first-order chi connectivity index (χ1) is 16.7. The average molecular weight is 447 g/mol. The molecule has 0 saturated heterocycles. The number of carbonyl (C=O) groups is 2. The van der Waals surface area contributed by atoms with Gasteiger partial charge in [-0.15, -0.1) is 0 Å². The van der Waals surface area contributed by atoms with Crippen molar-refractivity contribution < 1.29 is 19.1 Å². The minimum Gasteiger partial charge on any atom is -0.468 e. The second kappa shape index (κ2) is 7.70. The molecule has 34 heavy (non-hydrogen) atoms. The molecule has 2 atom stereocenters. The van der Waals surface area contributed by atoms with E-state index in [2.05, 4.69) is 12.1 Å². The Kier molecular flexibility index (Phi) is 4.63. The van der Waals surface area contributed by atoms with Gasteiger partial charge in [-0.25, -0.2) is 0 Å². The van der Waals surface area contributed by atoms with Crippen LogP contribution in [0.4, 0.5) is 0 Å². The van der Waals surface area contributed by atoms with E-state index in [1.165, 1.54) is 14.2 Å². The largest absolute Gasteiger partial charge is 0.468 e. The van der Waals surface area contributed by atoms with E-state index < -0.39 is 11.8 Å². The zero-order valence-electron chi connectivity index (χ0n) is 18.9. The van der Waals surface area contributed by atoms with E-state index in [-0.39, 0.29) is 11.9 Å². The highest BCUT2D eigenvalue weighted by molar-refractivity contribution is 6.01.